The van der Waals surface area contributed by atoms with Crippen molar-refractivity contribution in [3.63, 3.8) is 0 Å². The molecule has 0 spiro atoms. The normalized spacial score (nSPS) is 8.79. The fourth-order valence-corrected chi connectivity index (χ4v) is 1.94. The van der Waals surface area contributed by atoms with Gasteiger partial charge in [-0.1, -0.05) is 60.1 Å². The number of rotatable bonds is 6. The highest BCUT2D eigenvalue weighted by Crippen LogP contribution is 2.17. The van der Waals surface area contributed by atoms with E-state index in [9.17, 15) is 0 Å². The van der Waals surface area contributed by atoms with Crippen LogP contribution in [-0.4, -0.2) is 13.1 Å². The van der Waals surface area contributed by atoms with E-state index in [1.807, 2.05) is 27.7 Å². The van der Waals surface area contributed by atoms with Gasteiger partial charge < -0.3 is 4.90 Å². The van der Waals surface area contributed by atoms with Crippen LogP contribution in [-0.2, 0) is 6.42 Å². The van der Waals surface area contributed by atoms with E-state index < -0.39 is 0 Å². The molecule has 0 bridgehead atoms. The van der Waals surface area contributed by atoms with Crippen molar-refractivity contribution in [3.05, 3.63) is 29.8 Å². The maximum atomic E-state index is 2.44. The van der Waals surface area contributed by atoms with Crippen LogP contribution in [0.3, 0.4) is 0 Å². The lowest BCUT2D eigenvalue weighted by atomic mass is 10.1. The highest BCUT2D eigenvalue weighted by Gasteiger charge is 2.02. The van der Waals surface area contributed by atoms with Crippen LogP contribution in [0.5, 0.6) is 0 Å². The first kappa shape index (κ1) is 20.3. The molecule has 19 heavy (non-hydrogen) atoms. The minimum absolute atomic E-state index is 1.10. The Hall–Kier alpha value is -0.980. The molecule has 0 saturated heterocycles. The second kappa shape index (κ2) is 15.1. The Bertz CT molecular complexity index is 281. The average Bonchev–Trinajstić information content (AvgIpc) is 2.49. The maximum Gasteiger partial charge on any atom is 0.0368 e. The van der Waals surface area contributed by atoms with Crippen LogP contribution in [0.25, 0.3) is 0 Å². The summed E-state index contributed by atoms with van der Waals surface area (Å²) in [7, 11) is 0. The highest BCUT2D eigenvalue weighted by atomic mass is 15.1. The largest absolute Gasteiger partial charge is 0.372 e. The van der Waals surface area contributed by atoms with E-state index in [-0.39, 0.29) is 0 Å². The van der Waals surface area contributed by atoms with Gasteiger partial charge in [0.2, 0.25) is 0 Å². The standard InChI is InChI=1S/C14H23N.2C2H6/c1-4-8-13-9-7-10-14(12-13)15(6-3)11-5-2;2*1-2/h7,9-10,12H,4-6,8,11H2,1-3H3;2*1-2H3. The highest BCUT2D eigenvalue weighted by molar-refractivity contribution is 5.48. The molecule has 1 nitrogen and oxygen atoms in total. The van der Waals surface area contributed by atoms with Crippen LogP contribution in [0, 0.1) is 0 Å². The summed E-state index contributed by atoms with van der Waals surface area (Å²) in [5.41, 5.74) is 2.84. The molecule has 0 atom stereocenters. The topological polar surface area (TPSA) is 3.24 Å². The zero-order valence-electron chi connectivity index (χ0n) is 14.3. The summed E-state index contributed by atoms with van der Waals surface area (Å²) in [5.74, 6) is 0. The van der Waals surface area contributed by atoms with E-state index in [1.165, 1.54) is 30.5 Å². The number of anilines is 1. The molecular formula is C18H35N. The van der Waals surface area contributed by atoms with Crippen molar-refractivity contribution in [2.24, 2.45) is 0 Å². The number of hydrogen-bond acceptors (Lipinski definition) is 1. The van der Waals surface area contributed by atoms with Gasteiger partial charge in [0.15, 0.2) is 0 Å². The zero-order valence-corrected chi connectivity index (χ0v) is 14.3. The molecule has 1 rings (SSSR count). The summed E-state index contributed by atoms with van der Waals surface area (Å²) in [5, 5.41) is 0. The Morgan fingerprint density at radius 1 is 0.895 bits per heavy atom. The lowest BCUT2D eigenvalue weighted by molar-refractivity contribution is 0.790. The van der Waals surface area contributed by atoms with E-state index in [2.05, 4.69) is 49.9 Å². The van der Waals surface area contributed by atoms with Gasteiger partial charge in [0.1, 0.15) is 0 Å². The molecular weight excluding hydrogens is 230 g/mol. The molecule has 0 radical (unpaired) electrons. The predicted molar refractivity (Wildman–Crippen MR) is 91.3 cm³/mol. The summed E-state index contributed by atoms with van der Waals surface area (Å²) < 4.78 is 0. The first-order valence-corrected chi connectivity index (χ1v) is 8.15. The van der Waals surface area contributed by atoms with Gasteiger partial charge in [-0.25, -0.2) is 0 Å². The van der Waals surface area contributed by atoms with E-state index in [0.717, 1.165) is 13.1 Å². The summed E-state index contributed by atoms with van der Waals surface area (Å²) in [6, 6.07) is 8.96. The molecule has 1 aromatic carbocycles. The summed E-state index contributed by atoms with van der Waals surface area (Å²) in [6.07, 6.45) is 3.63. The number of benzene rings is 1. The fourth-order valence-electron chi connectivity index (χ4n) is 1.94. The smallest absolute Gasteiger partial charge is 0.0368 e. The Morgan fingerprint density at radius 3 is 2.00 bits per heavy atom. The summed E-state index contributed by atoms with van der Waals surface area (Å²) in [6.45, 7) is 17.0. The van der Waals surface area contributed by atoms with Crippen molar-refractivity contribution in [2.75, 3.05) is 18.0 Å². The molecule has 1 aromatic rings. The minimum Gasteiger partial charge on any atom is -0.372 e. The van der Waals surface area contributed by atoms with Crippen LogP contribution < -0.4 is 4.90 Å². The summed E-state index contributed by atoms with van der Waals surface area (Å²) in [4.78, 5) is 2.44. The van der Waals surface area contributed by atoms with Crippen molar-refractivity contribution in [3.8, 4) is 0 Å². The zero-order chi connectivity index (χ0) is 15.1. The van der Waals surface area contributed by atoms with Crippen molar-refractivity contribution >= 4 is 5.69 Å². The fraction of sp³-hybridized carbons (Fsp3) is 0.667. The van der Waals surface area contributed by atoms with Gasteiger partial charge in [0.05, 0.1) is 0 Å². The van der Waals surface area contributed by atoms with Gasteiger partial charge in [0, 0.05) is 18.8 Å². The average molecular weight is 265 g/mol. The Balaban J connectivity index is 0. The second-order valence-corrected chi connectivity index (χ2v) is 4.00. The molecule has 0 aliphatic carbocycles. The van der Waals surface area contributed by atoms with Crippen LogP contribution in [0.1, 0.15) is 66.9 Å². The molecule has 0 heterocycles. The lowest BCUT2D eigenvalue weighted by Gasteiger charge is -2.23. The monoisotopic (exact) mass is 265 g/mol. The van der Waals surface area contributed by atoms with Crippen LogP contribution >= 0.6 is 0 Å². The third-order valence-corrected chi connectivity index (χ3v) is 2.69. The first-order chi connectivity index (χ1) is 9.31. The van der Waals surface area contributed by atoms with Gasteiger partial charge in [-0.05, 0) is 37.5 Å². The third kappa shape index (κ3) is 8.69. The molecule has 0 aliphatic rings. The molecule has 0 fully saturated rings. The van der Waals surface area contributed by atoms with E-state index in [0.29, 0.717) is 0 Å². The van der Waals surface area contributed by atoms with Crippen molar-refractivity contribution in [1.82, 2.24) is 0 Å². The van der Waals surface area contributed by atoms with Gasteiger partial charge >= 0.3 is 0 Å². The summed E-state index contributed by atoms with van der Waals surface area (Å²) >= 11 is 0. The van der Waals surface area contributed by atoms with E-state index in [1.54, 1.807) is 0 Å². The van der Waals surface area contributed by atoms with Crippen molar-refractivity contribution in [1.29, 1.82) is 0 Å². The first-order valence-electron chi connectivity index (χ1n) is 8.15. The molecule has 0 saturated carbocycles. The predicted octanol–water partition coefficient (Wildman–Crippen LogP) is 5.93. The van der Waals surface area contributed by atoms with Crippen LogP contribution in [0.15, 0.2) is 24.3 Å². The van der Waals surface area contributed by atoms with Crippen molar-refractivity contribution < 1.29 is 0 Å². The number of aryl methyl sites for hydroxylation is 1. The van der Waals surface area contributed by atoms with Crippen LogP contribution in [0.2, 0.25) is 0 Å². The van der Waals surface area contributed by atoms with Crippen LogP contribution in [0.4, 0.5) is 5.69 Å². The SMILES string of the molecule is CC.CC.CCCc1cccc(N(CC)CCC)c1. The molecule has 0 unspecified atom stereocenters. The number of nitrogens with zero attached hydrogens (tertiary/aromatic N) is 1. The molecule has 112 valence electrons. The molecule has 0 aliphatic heterocycles. The Labute approximate surface area is 122 Å². The minimum atomic E-state index is 1.10. The quantitative estimate of drug-likeness (QED) is 0.616. The third-order valence-electron chi connectivity index (χ3n) is 2.69. The second-order valence-electron chi connectivity index (χ2n) is 4.00. The van der Waals surface area contributed by atoms with Gasteiger partial charge in [-0.3, -0.25) is 0 Å². The number of hydrogen-bond donors (Lipinski definition) is 0. The molecule has 1 heteroatoms. The molecule has 0 aromatic heterocycles. The molecule has 0 N–H and O–H groups in total. The lowest BCUT2D eigenvalue weighted by Crippen LogP contribution is -2.23. The maximum absolute atomic E-state index is 2.44. The van der Waals surface area contributed by atoms with Gasteiger partial charge in [-0.2, -0.15) is 0 Å². The van der Waals surface area contributed by atoms with E-state index in [4.69, 9.17) is 0 Å². The van der Waals surface area contributed by atoms with E-state index >= 15 is 0 Å². The van der Waals surface area contributed by atoms with Gasteiger partial charge in [0.25, 0.3) is 0 Å². The van der Waals surface area contributed by atoms with Crippen molar-refractivity contribution in [2.45, 2.75) is 67.7 Å². The van der Waals surface area contributed by atoms with Gasteiger partial charge in [-0.15, -0.1) is 0 Å². The molecule has 0 amide bonds. The Kier molecular flexibility index (Phi) is 16.1. The Morgan fingerprint density at radius 2 is 1.53 bits per heavy atom.